The number of rotatable bonds is 4. The van der Waals surface area contributed by atoms with Crippen LogP contribution in [0.15, 0.2) is 60.7 Å². The van der Waals surface area contributed by atoms with Gasteiger partial charge in [0.1, 0.15) is 0 Å². The fourth-order valence-corrected chi connectivity index (χ4v) is 2.90. The first-order chi connectivity index (χ1) is 9.57. The van der Waals surface area contributed by atoms with Crippen molar-refractivity contribution < 1.29 is 18.3 Å². The fraction of sp³-hybridized carbons (Fsp3) is 0.133. The van der Waals surface area contributed by atoms with E-state index >= 15 is 0 Å². The molecule has 4 nitrogen and oxygen atoms in total. The normalized spacial score (nSPS) is 12.7. The summed E-state index contributed by atoms with van der Waals surface area (Å²) in [6.07, 6.45) is 0. The third kappa shape index (κ3) is 2.64. The van der Waals surface area contributed by atoms with Crippen molar-refractivity contribution in [1.29, 1.82) is 0 Å². The maximum atomic E-state index is 12.0. The molecule has 0 aliphatic carbocycles. The average Bonchev–Trinajstić information content (AvgIpc) is 2.46. The van der Waals surface area contributed by atoms with Crippen molar-refractivity contribution in [2.45, 2.75) is 11.9 Å². The Labute approximate surface area is 119 Å². The van der Waals surface area contributed by atoms with E-state index in [2.05, 4.69) is 0 Å². The van der Waals surface area contributed by atoms with Crippen LogP contribution in [-0.2, 0) is 25.5 Å². The van der Waals surface area contributed by atoms with Gasteiger partial charge in [-0.15, -0.1) is 0 Å². The summed E-state index contributed by atoms with van der Waals surface area (Å²) >= 11 is -2.43. The Morgan fingerprint density at radius 1 is 1.00 bits per heavy atom. The van der Waals surface area contributed by atoms with Crippen LogP contribution < -0.4 is 0 Å². The topological polar surface area (TPSA) is 63.6 Å². The molecule has 0 aliphatic rings. The SMILES string of the molecule is CC(=O)OC(c1ccccc1)(c1ccccc1)S(=O)O. The van der Waals surface area contributed by atoms with Crippen molar-refractivity contribution >= 4 is 17.0 Å². The first kappa shape index (κ1) is 14.4. The van der Waals surface area contributed by atoms with E-state index in [4.69, 9.17) is 4.74 Å². The highest BCUT2D eigenvalue weighted by molar-refractivity contribution is 7.80. The third-order valence-corrected chi connectivity index (χ3v) is 3.89. The van der Waals surface area contributed by atoms with Crippen LogP contribution in [0.1, 0.15) is 18.1 Å². The summed E-state index contributed by atoms with van der Waals surface area (Å²) in [5.41, 5.74) is 0.893. The van der Waals surface area contributed by atoms with E-state index in [-0.39, 0.29) is 0 Å². The second-order valence-electron chi connectivity index (χ2n) is 4.19. The molecule has 2 aromatic carbocycles. The van der Waals surface area contributed by atoms with Gasteiger partial charge in [-0.1, -0.05) is 60.7 Å². The summed E-state index contributed by atoms with van der Waals surface area (Å²) in [6, 6.07) is 17.1. The zero-order chi connectivity index (χ0) is 14.6. The van der Waals surface area contributed by atoms with Crippen molar-refractivity contribution in [3.05, 3.63) is 71.8 Å². The lowest BCUT2D eigenvalue weighted by molar-refractivity contribution is -0.147. The van der Waals surface area contributed by atoms with Gasteiger partial charge in [0, 0.05) is 18.1 Å². The van der Waals surface area contributed by atoms with E-state index in [1.165, 1.54) is 6.92 Å². The Kier molecular flexibility index (Phi) is 4.32. The second-order valence-corrected chi connectivity index (χ2v) is 5.26. The fourth-order valence-electron chi connectivity index (χ4n) is 2.04. The molecular weight excluding hydrogens is 276 g/mol. The van der Waals surface area contributed by atoms with E-state index in [1.54, 1.807) is 60.7 Å². The number of benzene rings is 2. The summed E-state index contributed by atoms with van der Waals surface area (Å²) in [5.74, 6) is -0.625. The number of hydrogen-bond acceptors (Lipinski definition) is 3. The van der Waals surface area contributed by atoms with E-state index in [0.717, 1.165) is 0 Å². The molecule has 0 aliphatic heterocycles. The van der Waals surface area contributed by atoms with Crippen molar-refractivity contribution in [2.24, 2.45) is 0 Å². The highest BCUT2D eigenvalue weighted by Crippen LogP contribution is 2.36. The molecule has 1 N–H and O–H groups in total. The molecule has 0 aromatic heterocycles. The Balaban J connectivity index is 2.69. The molecule has 20 heavy (non-hydrogen) atoms. The molecule has 104 valence electrons. The number of carbonyl (C=O) groups excluding carboxylic acids is 1. The lowest BCUT2D eigenvalue weighted by atomic mass is 10.0. The van der Waals surface area contributed by atoms with Crippen LogP contribution in [0.3, 0.4) is 0 Å². The van der Waals surface area contributed by atoms with Crippen LogP contribution in [0.4, 0.5) is 0 Å². The van der Waals surface area contributed by atoms with Gasteiger partial charge in [0.15, 0.2) is 0 Å². The van der Waals surface area contributed by atoms with Gasteiger partial charge in [-0.2, -0.15) is 0 Å². The van der Waals surface area contributed by atoms with Gasteiger partial charge in [0.05, 0.1) is 0 Å². The van der Waals surface area contributed by atoms with E-state index in [9.17, 15) is 13.6 Å². The van der Waals surface area contributed by atoms with Gasteiger partial charge in [0.25, 0.3) is 4.93 Å². The summed E-state index contributed by atoms with van der Waals surface area (Å²) in [6.45, 7) is 1.22. The third-order valence-electron chi connectivity index (χ3n) is 2.84. The second kappa shape index (κ2) is 5.98. The molecule has 2 rings (SSSR count). The van der Waals surface area contributed by atoms with Gasteiger partial charge >= 0.3 is 5.97 Å². The molecule has 0 bridgehead atoms. The van der Waals surface area contributed by atoms with Crippen LogP contribution in [0, 0.1) is 0 Å². The molecule has 0 heterocycles. The van der Waals surface area contributed by atoms with Gasteiger partial charge in [-0.05, 0) is 0 Å². The minimum Gasteiger partial charge on any atom is -0.434 e. The maximum Gasteiger partial charge on any atom is 0.304 e. The molecule has 5 heteroatoms. The summed E-state index contributed by atoms with van der Waals surface area (Å²) < 4.78 is 27.1. The molecular formula is C15H14O4S. The minimum absolute atomic E-state index is 0.447. The molecule has 1 atom stereocenters. The Hall–Kier alpha value is -1.98. The molecule has 0 spiro atoms. The van der Waals surface area contributed by atoms with Crippen LogP contribution in [0.2, 0.25) is 0 Å². The lowest BCUT2D eigenvalue weighted by Crippen LogP contribution is -2.37. The molecule has 0 fully saturated rings. The van der Waals surface area contributed by atoms with Gasteiger partial charge in [-0.3, -0.25) is 4.79 Å². The van der Waals surface area contributed by atoms with Crippen LogP contribution in [-0.4, -0.2) is 14.7 Å². The predicted molar refractivity (Wildman–Crippen MR) is 76.2 cm³/mol. The Bertz CT molecular complexity index is 571. The molecule has 0 amide bonds. The first-order valence-electron chi connectivity index (χ1n) is 5.99. The zero-order valence-electron chi connectivity index (χ0n) is 10.9. The summed E-state index contributed by atoms with van der Waals surface area (Å²) in [7, 11) is 0. The van der Waals surface area contributed by atoms with Crippen LogP contribution in [0.5, 0.6) is 0 Å². The molecule has 2 aromatic rings. The van der Waals surface area contributed by atoms with Crippen molar-refractivity contribution in [3.8, 4) is 0 Å². The van der Waals surface area contributed by atoms with Gasteiger partial charge in [0.2, 0.25) is 11.1 Å². The highest BCUT2D eigenvalue weighted by atomic mass is 32.2. The van der Waals surface area contributed by atoms with Gasteiger partial charge < -0.3 is 9.29 Å². The lowest BCUT2D eigenvalue weighted by Gasteiger charge is -2.30. The van der Waals surface area contributed by atoms with E-state index in [0.29, 0.717) is 11.1 Å². The van der Waals surface area contributed by atoms with Crippen molar-refractivity contribution in [3.63, 3.8) is 0 Å². The Morgan fingerprint density at radius 2 is 1.40 bits per heavy atom. The standard InChI is InChI=1S/C15H14O4S/c1-12(16)19-15(20(17)18,13-8-4-2-5-9-13)14-10-6-3-7-11-14/h2-11H,1H3,(H,17,18). The first-order valence-corrected chi connectivity index (χ1v) is 7.09. The summed E-state index contributed by atoms with van der Waals surface area (Å²) in [4.78, 5) is 9.73. The number of carbonyl (C=O) groups is 1. The number of hydrogen-bond donors (Lipinski definition) is 1. The van der Waals surface area contributed by atoms with Crippen molar-refractivity contribution in [2.75, 3.05) is 0 Å². The van der Waals surface area contributed by atoms with Crippen LogP contribution >= 0.6 is 0 Å². The molecule has 0 saturated carbocycles. The monoisotopic (exact) mass is 290 g/mol. The number of ether oxygens (including phenoxy) is 1. The average molecular weight is 290 g/mol. The summed E-state index contributed by atoms with van der Waals surface area (Å²) in [5, 5.41) is 0. The molecule has 1 unspecified atom stereocenters. The smallest absolute Gasteiger partial charge is 0.304 e. The maximum absolute atomic E-state index is 12.0. The van der Waals surface area contributed by atoms with Gasteiger partial charge in [-0.25, -0.2) is 4.21 Å². The predicted octanol–water partition coefficient (Wildman–Crippen LogP) is 2.67. The quantitative estimate of drug-likeness (QED) is 0.694. The van der Waals surface area contributed by atoms with E-state index in [1.807, 2.05) is 0 Å². The van der Waals surface area contributed by atoms with Crippen molar-refractivity contribution in [1.82, 2.24) is 0 Å². The van der Waals surface area contributed by atoms with Crippen LogP contribution in [0.25, 0.3) is 0 Å². The Morgan fingerprint density at radius 3 is 1.70 bits per heavy atom. The number of esters is 1. The molecule has 0 radical (unpaired) electrons. The molecule has 0 saturated heterocycles. The minimum atomic E-state index is -2.43. The highest BCUT2D eigenvalue weighted by Gasteiger charge is 2.44. The largest absolute Gasteiger partial charge is 0.434 e. The zero-order valence-corrected chi connectivity index (χ0v) is 11.7. The van der Waals surface area contributed by atoms with E-state index < -0.39 is 22.0 Å².